The molecular weight excluding hydrogens is 365 g/mol. The smallest absolute Gasteiger partial charge is 0.460 e. The molecule has 2 rings (SSSR count). The van der Waals surface area contributed by atoms with Crippen molar-refractivity contribution in [3.8, 4) is 0 Å². The Balaban J connectivity index is 2.37. The molecule has 7 nitrogen and oxygen atoms in total. The van der Waals surface area contributed by atoms with E-state index in [4.69, 9.17) is 0 Å². The summed E-state index contributed by atoms with van der Waals surface area (Å²) in [5, 5.41) is 2.43. The van der Waals surface area contributed by atoms with Crippen LogP contribution in [0, 0.1) is 0 Å². The molecule has 0 fully saturated rings. The molecular formula is C17H18F3N4O3+. The highest BCUT2D eigenvalue weighted by atomic mass is 19.4. The Bertz CT molecular complexity index is 772. The zero-order chi connectivity index (χ0) is 19.9. The van der Waals surface area contributed by atoms with E-state index in [2.05, 4.69) is 14.7 Å². The summed E-state index contributed by atoms with van der Waals surface area (Å²) in [7, 11) is 0. The summed E-state index contributed by atoms with van der Waals surface area (Å²) < 4.78 is 46.5. The molecule has 10 heteroatoms. The minimum absolute atomic E-state index is 0.123. The average molecular weight is 383 g/mol. The first kappa shape index (κ1) is 20.3. The number of halogens is 3. The predicted octanol–water partition coefficient (Wildman–Crippen LogP) is 0.792. The lowest BCUT2D eigenvalue weighted by Gasteiger charge is -2.31. The molecule has 1 atom stereocenters. The van der Waals surface area contributed by atoms with Crippen LogP contribution < -0.4 is 10.6 Å². The van der Waals surface area contributed by atoms with Gasteiger partial charge in [-0.05, 0) is 31.2 Å². The summed E-state index contributed by atoms with van der Waals surface area (Å²) in [5.74, 6) is -2.73. The summed E-state index contributed by atoms with van der Waals surface area (Å²) in [5.41, 5.74) is -3.15. The first-order chi connectivity index (χ1) is 12.8. The van der Waals surface area contributed by atoms with E-state index in [1.54, 1.807) is 17.4 Å². The van der Waals surface area contributed by atoms with Crippen molar-refractivity contribution in [3.05, 3.63) is 60.2 Å². The lowest BCUT2D eigenvalue weighted by molar-refractivity contribution is -0.757. The standard InChI is InChI=1S/C17H17F3N4O3/c1-2-27-15(26)16(17(18,19)20,23-11-13-7-3-4-9-22-13)24-14(25)12-6-5-8-21-10-12/h3-10,23H,2,11H2,1H3,(H,24,25)/p+1/t16-/m0/s1. The van der Waals surface area contributed by atoms with Crippen LogP contribution in [0.2, 0.25) is 0 Å². The van der Waals surface area contributed by atoms with Gasteiger partial charge in [0.2, 0.25) is 0 Å². The fourth-order valence-corrected chi connectivity index (χ4v) is 2.26. The number of aromatic nitrogens is 2. The monoisotopic (exact) mass is 383 g/mol. The number of quaternary nitrogens is 1. The summed E-state index contributed by atoms with van der Waals surface area (Å²) in [6.45, 7) is 0.782. The van der Waals surface area contributed by atoms with Crippen LogP contribution >= 0.6 is 0 Å². The predicted molar refractivity (Wildman–Crippen MR) is 87.0 cm³/mol. The van der Waals surface area contributed by atoms with Crippen LogP contribution in [-0.4, -0.2) is 40.3 Å². The summed E-state index contributed by atoms with van der Waals surface area (Å²) in [4.78, 5) is 32.2. The third kappa shape index (κ3) is 4.79. The Morgan fingerprint density at radius 2 is 1.96 bits per heavy atom. The topological polar surface area (TPSA) is 97.8 Å². The van der Waals surface area contributed by atoms with Crippen LogP contribution in [0.5, 0.6) is 0 Å². The normalized spacial score (nSPS) is 13.5. The second kappa shape index (κ2) is 8.58. The van der Waals surface area contributed by atoms with Gasteiger partial charge in [-0.25, -0.2) is 4.79 Å². The van der Waals surface area contributed by atoms with Crippen LogP contribution in [0.4, 0.5) is 13.2 Å². The third-order valence-corrected chi connectivity index (χ3v) is 3.62. The van der Waals surface area contributed by atoms with Crippen molar-refractivity contribution in [2.75, 3.05) is 6.61 Å². The van der Waals surface area contributed by atoms with Crippen molar-refractivity contribution < 1.29 is 32.8 Å². The number of nitrogens with two attached hydrogens (primary N) is 1. The number of amides is 1. The van der Waals surface area contributed by atoms with Crippen molar-refractivity contribution in [2.45, 2.75) is 25.3 Å². The van der Waals surface area contributed by atoms with Crippen molar-refractivity contribution in [1.29, 1.82) is 0 Å². The van der Waals surface area contributed by atoms with Gasteiger partial charge in [0.15, 0.2) is 0 Å². The number of nitrogens with one attached hydrogen (secondary N) is 1. The number of rotatable bonds is 7. The Labute approximate surface area is 153 Å². The molecule has 0 radical (unpaired) electrons. The molecule has 0 aliphatic rings. The molecule has 27 heavy (non-hydrogen) atoms. The van der Waals surface area contributed by atoms with Crippen molar-refractivity contribution in [2.24, 2.45) is 0 Å². The van der Waals surface area contributed by atoms with Gasteiger partial charge in [-0.1, -0.05) is 6.07 Å². The molecule has 0 saturated heterocycles. The maximum Gasteiger partial charge on any atom is 0.478 e. The molecule has 0 unspecified atom stereocenters. The van der Waals surface area contributed by atoms with E-state index in [1.807, 2.05) is 0 Å². The number of pyridine rings is 2. The second-order valence-electron chi connectivity index (χ2n) is 5.45. The fraction of sp³-hybridized carbons (Fsp3) is 0.294. The zero-order valence-corrected chi connectivity index (χ0v) is 14.4. The van der Waals surface area contributed by atoms with Crippen LogP contribution in [0.15, 0.2) is 48.9 Å². The number of hydrogen-bond acceptors (Lipinski definition) is 5. The van der Waals surface area contributed by atoms with Gasteiger partial charge < -0.3 is 10.1 Å². The van der Waals surface area contributed by atoms with Crippen molar-refractivity contribution in [3.63, 3.8) is 0 Å². The maximum absolute atomic E-state index is 13.9. The number of alkyl halides is 3. The molecule has 0 spiro atoms. The highest BCUT2D eigenvalue weighted by Crippen LogP contribution is 2.27. The van der Waals surface area contributed by atoms with E-state index < -0.39 is 23.7 Å². The molecule has 0 bridgehead atoms. The van der Waals surface area contributed by atoms with Crippen molar-refractivity contribution in [1.82, 2.24) is 15.3 Å². The molecule has 144 valence electrons. The fourth-order valence-electron chi connectivity index (χ4n) is 2.26. The largest absolute Gasteiger partial charge is 0.478 e. The first-order valence-electron chi connectivity index (χ1n) is 8.01. The van der Waals surface area contributed by atoms with Gasteiger partial charge in [0.1, 0.15) is 6.54 Å². The van der Waals surface area contributed by atoms with Crippen LogP contribution in [0.1, 0.15) is 23.0 Å². The van der Waals surface area contributed by atoms with E-state index in [9.17, 15) is 22.8 Å². The van der Waals surface area contributed by atoms with Gasteiger partial charge in [0.25, 0.3) is 5.91 Å². The summed E-state index contributed by atoms with van der Waals surface area (Å²) >= 11 is 0. The molecule has 2 heterocycles. The Morgan fingerprint density at radius 1 is 1.19 bits per heavy atom. The van der Waals surface area contributed by atoms with Crippen LogP contribution in [-0.2, 0) is 16.1 Å². The van der Waals surface area contributed by atoms with Gasteiger partial charge in [-0.3, -0.25) is 20.1 Å². The molecule has 0 aliphatic carbocycles. The van der Waals surface area contributed by atoms with E-state index in [0.29, 0.717) is 11.0 Å². The minimum Gasteiger partial charge on any atom is -0.460 e. The highest BCUT2D eigenvalue weighted by molar-refractivity contribution is 5.97. The van der Waals surface area contributed by atoms with Crippen molar-refractivity contribution >= 4 is 11.9 Å². The molecule has 3 N–H and O–H groups in total. The molecule has 0 aliphatic heterocycles. The number of ether oxygens (including phenoxy) is 1. The lowest BCUT2D eigenvalue weighted by Crippen LogP contribution is -3.06. The molecule has 1 amide bonds. The quantitative estimate of drug-likeness (QED) is 0.544. The number of nitrogens with zero attached hydrogens (tertiary/aromatic N) is 2. The van der Waals surface area contributed by atoms with Gasteiger partial charge in [0.05, 0.1) is 17.9 Å². The molecule has 2 aromatic heterocycles. The molecule has 0 aromatic carbocycles. The number of carbonyl (C=O) groups is 2. The Kier molecular flexibility index (Phi) is 6.45. The highest BCUT2D eigenvalue weighted by Gasteiger charge is 2.67. The van der Waals surface area contributed by atoms with Gasteiger partial charge in [-0.15, -0.1) is 0 Å². The van der Waals surface area contributed by atoms with Crippen LogP contribution in [0.3, 0.4) is 0 Å². The third-order valence-electron chi connectivity index (χ3n) is 3.62. The zero-order valence-electron chi connectivity index (χ0n) is 14.4. The molecule has 0 saturated carbocycles. The lowest BCUT2D eigenvalue weighted by atomic mass is 10.1. The number of carbonyl (C=O) groups excluding carboxylic acids is 2. The van der Waals surface area contributed by atoms with E-state index >= 15 is 0 Å². The number of esters is 1. The first-order valence-corrected chi connectivity index (χ1v) is 8.01. The van der Waals surface area contributed by atoms with Gasteiger partial charge >= 0.3 is 17.8 Å². The minimum atomic E-state index is -5.13. The average Bonchev–Trinajstić information content (AvgIpc) is 2.65. The van der Waals surface area contributed by atoms with Crippen LogP contribution in [0.25, 0.3) is 0 Å². The Hall–Kier alpha value is -3.01. The molecule has 2 aromatic rings. The van der Waals surface area contributed by atoms with Gasteiger partial charge in [0, 0.05) is 18.6 Å². The SMILES string of the molecule is CCOC(=O)[C@@](NC(=O)c1cccnc1)([NH2+]Cc1ccccn1)C(F)(F)F. The van der Waals surface area contributed by atoms with E-state index in [0.717, 1.165) is 6.20 Å². The maximum atomic E-state index is 13.9. The van der Waals surface area contributed by atoms with Gasteiger partial charge in [-0.2, -0.15) is 13.2 Å². The number of hydrogen-bond donors (Lipinski definition) is 2. The van der Waals surface area contributed by atoms with E-state index in [1.165, 1.54) is 37.5 Å². The Morgan fingerprint density at radius 3 is 2.52 bits per heavy atom. The summed E-state index contributed by atoms with van der Waals surface area (Å²) in [6, 6.07) is 7.39. The summed E-state index contributed by atoms with van der Waals surface area (Å²) in [6.07, 6.45) is -1.25. The van der Waals surface area contributed by atoms with E-state index in [-0.39, 0.29) is 18.7 Å². The second-order valence-corrected chi connectivity index (χ2v) is 5.45.